The van der Waals surface area contributed by atoms with Gasteiger partial charge in [0.25, 0.3) is 5.91 Å². The quantitative estimate of drug-likeness (QED) is 0.202. The number of rotatable bonds is 9. The second-order valence-corrected chi connectivity index (χ2v) is 10.0. The van der Waals surface area contributed by atoms with E-state index in [2.05, 4.69) is 0 Å². The molecule has 0 heterocycles. The van der Waals surface area contributed by atoms with Crippen molar-refractivity contribution >= 4 is 23.5 Å². The van der Waals surface area contributed by atoms with Crippen molar-refractivity contribution in [1.82, 2.24) is 4.90 Å². The highest BCUT2D eigenvalue weighted by Crippen LogP contribution is 2.31. The first-order chi connectivity index (χ1) is 19.5. The minimum Gasteiger partial charge on any atom is -0.481 e. The summed E-state index contributed by atoms with van der Waals surface area (Å²) < 4.78 is 0. The van der Waals surface area contributed by atoms with Gasteiger partial charge in [-0.2, -0.15) is 0 Å². The Balaban J connectivity index is 1.51. The monoisotopic (exact) mass is 545 g/mol. The number of hydrogen-bond donors (Lipinski definition) is 1. The molecule has 4 nitrogen and oxygen atoms in total. The number of nitrogens with zero attached hydrogens (tertiary/aromatic N) is 1. The van der Waals surface area contributed by atoms with Gasteiger partial charge in [0.15, 0.2) is 0 Å². The topological polar surface area (TPSA) is 57.6 Å². The summed E-state index contributed by atoms with van der Waals surface area (Å²) in [5, 5.41) is 10.5. The first-order valence-electron chi connectivity index (χ1n) is 13.1. The number of carbonyl (C=O) groups excluding carboxylic acids is 1. The van der Waals surface area contributed by atoms with E-state index in [1.54, 1.807) is 29.2 Å². The van der Waals surface area contributed by atoms with Gasteiger partial charge < -0.3 is 10.0 Å². The van der Waals surface area contributed by atoms with Gasteiger partial charge in [-0.1, -0.05) is 121 Å². The van der Waals surface area contributed by atoms with Crippen LogP contribution in [0.2, 0.25) is 5.02 Å². The Kier molecular flexibility index (Phi) is 8.38. The maximum Gasteiger partial charge on any atom is 0.305 e. The van der Waals surface area contributed by atoms with Gasteiger partial charge in [0.1, 0.15) is 0 Å². The molecule has 0 aliphatic rings. The average Bonchev–Trinajstić information content (AvgIpc) is 3.00. The number of carbonyl (C=O) groups is 2. The van der Waals surface area contributed by atoms with Crippen molar-refractivity contribution in [3.8, 4) is 22.3 Å². The van der Waals surface area contributed by atoms with Crippen LogP contribution in [-0.2, 0) is 11.3 Å². The molecule has 0 spiro atoms. The third kappa shape index (κ3) is 6.48. The number of halogens is 1. The number of aliphatic carboxylic acids is 1. The van der Waals surface area contributed by atoms with Crippen LogP contribution in [0.5, 0.6) is 0 Å². The maximum absolute atomic E-state index is 14.1. The van der Waals surface area contributed by atoms with E-state index in [1.807, 2.05) is 109 Å². The zero-order valence-electron chi connectivity index (χ0n) is 21.8. The molecular weight excluding hydrogens is 518 g/mol. The molecule has 40 heavy (non-hydrogen) atoms. The minimum atomic E-state index is -0.981. The third-order valence-corrected chi connectivity index (χ3v) is 7.16. The number of carboxylic acid groups (broad SMARTS) is 1. The van der Waals surface area contributed by atoms with Gasteiger partial charge in [0, 0.05) is 17.1 Å². The number of benzene rings is 5. The van der Waals surface area contributed by atoms with E-state index in [4.69, 9.17) is 11.6 Å². The van der Waals surface area contributed by atoms with Crippen LogP contribution in [0.4, 0.5) is 0 Å². The SMILES string of the molecule is O=C(O)CC(c1ccc(-c2ccccc2)cc1)N(Cc1ccc(Cl)cc1)C(=O)c1ccc(-c2ccccc2)cc1. The highest BCUT2D eigenvalue weighted by Gasteiger charge is 2.29. The molecule has 0 aliphatic carbocycles. The summed E-state index contributed by atoms with van der Waals surface area (Å²) in [4.78, 5) is 27.8. The van der Waals surface area contributed by atoms with Crippen molar-refractivity contribution in [1.29, 1.82) is 0 Å². The third-order valence-electron chi connectivity index (χ3n) is 6.91. The van der Waals surface area contributed by atoms with Crippen molar-refractivity contribution in [3.63, 3.8) is 0 Å². The van der Waals surface area contributed by atoms with Gasteiger partial charge in [-0.25, -0.2) is 0 Å². The largest absolute Gasteiger partial charge is 0.481 e. The molecule has 0 aliphatic heterocycles. The molecule has 0 saturated carbocycles. The Labute approximate surface area is 239 Å². The number of carboxylic acids is 1. The van der Waals surface area contributed by atoms with Crippen LogP contribution in [0.15, 0.2) is 133 Å². The maximum atomic E-state index is 14.1. The summed E-state index contributed by atoms with van der Waals surface area (Å²) in [7, 11) is 0. The van der Waals surface area contributed by atoms with E-state index in [9.17, 15) is 14.7 Å². The van der Waals surface area contributed by atoms with Crippen LogP contribution in [0.25, 0.3) is 22.3 Å². The standard InChI is InChI=1S/C35H28ClNO3/c36-32-21-11-25(12-22-32)24-37(35(40)31-19-15-29(16-20-31)27-9-5-2-6-10-27)33(23-34(38)39)30-17-13-28(14-18-30)26-7-3-1-4-8-26/h1-22,33H,23-24H2,(H,38,39). The van der Waals surface area contributed by atoms with E-state index in [0.29, 0.717) is 10.6 Å². The van der Waals surface area contributed by atoms with E-state index in [1.165, 1.54) is 0 Å². The molecule has 198 valence electrons. The molecule has 1 unspecified atom stereocenters. The van der Waals surface area contributed by atoms with Gasteiger partial charge in [0.2, 0.25) is 0 Å². The summed E-state index contributed by atoms with van der Waals surface area (Å²) >= 11 is 6.11. The number of hydrogen-bond acceptors (Lipinski definition) is 2. The normalized spacial score (nSPS) is 11.5. The van der Waals surface area contributed by atoms with E-state index >= 15 is 0 Å². The molecule has 5 aromatic rings. The summed E-state index contributed by atoms with van der Waals surface area (Å²) in [6, 6.07) is 41.7. The van der Waals surface area contributed by atoms with Crippen LogP contribution in [-0.4, -0.2) is 21.9 Å². The van der Waals surface area contributed by atoms with E-state index in [-0.39, 0.29) is 18.9 Å². The van der Waals surface area contributed by atoms with Crippen LogP contribution in [0.1, 0.15) is 33.9 Å². The molecular formula is C35H28ClNO3. The lowest BCUT2D eigenvalue weighted by Crippen LogP contribution is -2.35. The van der Waals surface area contributed by atoms with Gasteiger partial charge in [-0.15, -0.1) is 0 Å². The zero-order chi connectivity index (χ0) is 27.9. The van der Waals surface area contributed by atoms with Crippen LogP contribution >= 0.6 is 11.6 Å². The molecule has 0 fully saturated rings. The molecule has 1 amide bonds. The average molecular weight is 546 g/mol. The fourth-order valence-corrected chi connectivity index (χ4v) is 4.94. The van der Waals surface area contributed by atoms with Gasteiger partial charge >= 0.3 is 5.97 Å². The van der Waals surface area contributed by atoms with Crippen LogP contribution < -0.4 is 0 Å². The summed E-state index contributed by atoms with van der Waals surface area (Å²) in [6.07, 6.45) is -0.230. The van der Waals surface area contributed by atoms with Crippen molar-refractivity contribution in [2.45, 2.75) is 19.0 Å². The molecule has 0 aromatic heterocycles. The predicted molar refractivity (Wildman–Crippen MR) is 160 cm³/mol. The van der Waals surface area contributed by atoms with Gasteiger partial charge in [-0.05, 0) is 57.6 Å². The highest BCUT2D eigenvalue weighted by molar-refractivity contribution is 6.30. The van der Waals surface area contributed by atoms with Crippen molar-refractivity contribution in [2.75, 3.05) is 0 Å². The lowest BCUT2D eigenvalue weighted by molar-refractivity contribution is -0.138. The first-order valence-corrected chi connectivity index (χ1v) is 13.4. The first kappa shape index (κ1) is 26.9. The highest BCUT2D eigenvalue weighted by atomic mass is 35.5. The van der Waals surface area contributed by atoms with Gasteiger partial charge in [0.05, 0.1) is 12.5 Å². The Hall–Kier alpha value is -4.67. The second kappa shape index (κ2) is 12.5. The van der Waals surface area contributed by atoms with Crippen LogP contribution in [0.3, 0.4) is 0 Å². The Morgan fingerprint density at radius 3 is 1.60 bits per heavy atom. The Morgan fingerprint density at radius 2 is 1.10 bits per heavy atom. The lowest BCUT2D eigenvalue weighted by Gasteiger charge is -2.32. The molecule has 1 N–H and O–H groups in total. The Bertz CT molecular complexity index is 1570. The summed E-state index contributed by atoms with van der Waals surface area (Å²) in [5.41, 5.74) is 6.24. The number of amides is 1. The van der Waals surface area contributed by atoms with Crippen molar-refractivity contribution in [3.05, 3.63) is 155 Å². The minimum absolute atomic E-state index is 0.230. The Morgan fingerprint density at radius 1 is 0.625 bits per heavy atom. The zero-order valence-corrected chi connectivity index (χ0v) is 22.5. The molecule has 0 radical (unpaired) electrons. The smallest absolute Gasteiger partial charge is 0.305 e. The van der Waals surface area contributed by atoms with Crippen LogP contribution in [0, 0.1) is 0 Å². The van der Waals surface area contributed by atoms with Gasteiger partial charge in [-0.3, -0.25) is 9.59 Å². The molecule has 1 atom stereocenters. The van der Waals surface area contributed by atoms with Crippen molar-refractivity contribution in [2.24, 2.45) is 0 Å². The molecule has 0 bridgehead atoms. The van der Waals surface area contributed by atoms with E-state index < -0.39 is 12.0 Å². The van der Waals surface area contributed by atoms with Crippen molar-refractivity contribution < 1.29 is 14.7 Å². The molecule has 0 saturated heterocycles. The summed E-state index contributed by atoms with van der Waals surface area (Å²) in [6.45, 7) is 0.231. The predicted octanol–water partition coefficient (Wildman–Crippen LogP) is 8.53. The van der Waals surface area contributed by atoms with E-state index in [0.717, 1.165) is 33.4 Å². The molecule has 5 rings (SSSR count). The second-order valence-electron chi connectivity index (χ2n) is 9.60. The fraction of sp³-hybridized carbons (Fsp3) is 0.0857. The summed E-state index contributed by atoms with van der Waals surface area (Å²) in [5.74, 6) is -1.22. The fourth-order valence-electron chi connectivity index (χ4n) is 4.81. The molecule has 5 heteroatoms. The lowest BCUT2D eigenvalue weighted by atomic mass is 9.96. The molecule has 5 aromatic carbocycles.